The molecule has 2 unspecified atom stereocenters. The Bertz CT molecular complexity index is 291. The van der Waals surface area contributed by atoms with Crippen LogP contribution in [0.2, 0.25) is 0 Å². The maximum absolute atomic E-state index is 12.6. The fourth-order valence-electron chi connectivity index (χ4n) is 1.74. The number of carbonyl (C=O) groups excluding carboxylic acids is 1. The quantitative estimate of drug-likeness (QED) is 0.758. The van der Waals surface area contributed by atoms with Gasteiger partial charge in [0.15, 0.2) is 0 Å². The lowest BCUT2D eigenvalue weighted by Crippen LogP contribution is -2.48. The molecule has 0 aliphatic rings. The SMILES string of the molecule is CC(C)CC(CNC(=O)OC(C)(C)C)NC(C)C(F)F. The van der Waals surface area contributed by atoms with Gasteiger partial charge in [0.1, 0.15) is 5.60 Å². The molecule has 0 aliphatic carbocycles. The van der Waals surface area contributed by atoms with Crippen LogP contribution < -0.4 is 10.6 Å². The molecule has 0 saturated heterocycles. The van der Waals surface area contributed by atoms with Crippen LogP contribution in [0, 0.1) is 5.92 Å². The molecule has 2 N–H and O–H groups in total. The zero-order valence-corrected chi connectivity index (χ0v) is 13.3. The van der Waals surface area contributed by atoms with Crippen molar-refractivity contribution in [3.63, 3.8) is 0 Å². The lowest BCUT2D eigenvalue weighted by atomic mass is 10.0. The van der Waals surface area contributed by atoms with E-state index in [0.717, 1.165) is 0 Å². The van der Waals surface area contributed by atoms with Gasteiger partial charge in [0.05, 0.1) is 6.04 Å². The summed E-state index contributed by atoms with van der Waals surface area (Å²) in [6, 6.07) is -1.11. The molecule has 20 heavy (non-hydrogen) atoms. The van der Waals surface area contributed by atoms with E-state index in [1.54, 1.807) is 20.8 Å². The molecule has 0 heterocycles. The van der Waals surface area contributed by atoms with Crippen molar-refractivity contribution in [2.24, 2.45) is 5.92 Å². The van der Waals surface area contributed by atoms with Crippen LogP contribution in [-0.2, 0) is 4.74 Å². The number of ether oxygens (including phenoxy) is 1. The van der Waals surface area contributed by atoms with E-state index in [4.69, 9.17) is 4.74 Å². The zero-order valence-electron chi connectivity index (χ0n) is 13.3. The Hall–Kier alpha value is -0.910. The van der Waals surface area contributed by atoms with Gasteiger partial charge >= 0.3 is 6.09 Å². The standard InChI is InChI=1S/C14H28F2N2O2/c1-9(2)7-11(18-10(3)12(15)16)8-17-13(19)20-14(4,5)6/h9-12,18H,7-8H2,1-6H3,(H,17,19). The van der Waals surface area contributed by atoms with Crippen LogP contribution in [0.25, 0.3) is 0 Å². The average molecular weight is 294 g/mol. The predicted octanol–water partition coefficient (Wildman–Crippen LogP) is 3.17. The molecule has 0 radical (unpaired) electrons. The minimum atomic E-state index is -2.42. The van der Waals surface area contributed by atoms with Gasteiger partial charge in [-0.15, -0.1) is 0 Å². The number of carbonyl (C=O) groups is 1. The van der Waals surface area contributed by atoms with Crippen molar-refractivity contribution in [2.45, 2.75) is 72.1 Å². The fraction of sp³-hybridized carbons (Fsp3) is 0.929. The number of halogens is 2. The lowest BCUT2D eigenvalue weighted by molar-refractivity contribution is 0.0514. The molecule has 0 aromatic heterocycles. The molecule has 2 atom stereocenters. The van der Waals surface area contributed by atoms with Crippen LogP contribution in [-0.4, -0.2) is 36.7 Å². The van der Waals surface area contributed by atoms with E-state index >= 15 is 0 Å². The van der Waals surface area contributed by atoms with Crippen LogP contribution in [0.15, 0.2) is 0 Å². The minimum Gasteiger partial charge on any atom is -0.444 e. The molecule has 6 heteroatoms. The number of rotatable bonds is 7. The van der Waals surface area contributed by atoms with E-state index in [1.807, 2.05) is 13.8 Å². The molecule has 0 fully saturated rings. The Kier molecular flexibility index (Phi) is 8.01. The van der Waals surface area contributed by atoms with Crippen LogP contribution in [0.5, 0.6) is 0 Å². The summed E-state index contributed by atoms with van der Waals surface area (Å²) in [7, 11) is 0. The minimum absolute atomic E-state index is 0.202. The van der Waals surface area contributed by atoms with Gasteiger partial charge in [0.25, 0.3) is 6.43 Å². The monoisotopic (exact) mass is 294 g/mol. The molecule has 0 aromatic rings. The zero-order chi connectivity index (χ0) is 15.9. The van der Waals surface area contributed by atoms with E-state index in [1.165, 1.54) is 6.92 Å². The number of alkyl carbamates (subject to hydrolysis) is 1. The number of hydrogen-bond donors (Lipinski definition) is 2. The summed E-state index contributed by atoms with van der Waals surface area (Å²) in [6.45, 7) is 11.0. The first-order chi connectivity index (χ1) is 9.01. The third-order valence-electron chi connectivity index (χ3n) is 2.52. The molecular formula is C14H28F2N2O2. The second-order valence-electron chi connectivity index (χ2n) is 6.50. The highest BCUT2D eigenvalue weighted by molar-refractivity contribution is 5.67. The van der Waals surface area contributed by atoms with Crippen molar-refractivity contribution in [1.82, 2.24) is 10.6 Å². The topological polar surface area (TPSA) is 50.4 Å². The van der Waals surface area contributed by atoms with Gasteiger partial charge in [-0.25, -0.2) is 13.6 Å². The molecular weight excluding hydrogens is 266 g/mol. The molecule has 0 aliphatic heterocycles. The van der Waals surface area contributed by atoms with Gasteiger partial charge in [0, 0.05) is 12.6 Å². The second kappa shape index (κ2) is 8.39. The van der Waals surface area contributed by atoms with Gasteiger partial charge in [-0.3, -0.25) is 0 Å². The van der Waals surface area contributed by atoms with Gasteiger partial charge in [-0.05, 0) is 40.0 Å². The Morgan fingerprint density at radius 2 is 1.75 bits per heavy atom. The first kappa shape index (κ1) is 19.1. The van der Waals surface area contributed by atoms with Crippen LogP contribution in [0.1, 0.15) is 48.0 Å². The molecule has 120 valence electrons. The summed E-state index contributed by atoms with van der Waals surface area (Å²) >= 11 is 0. The number of hydrogen-bond acceptors (Lipinski definition) is 3. The average Bonchev–Trinajstić information content (AvgIpc) is 2.22. The van der Waals surface area contributed by atoms with Crippen molar-refractivity contribution in [2.75, 3.05) is 6.54 Å². The highest BCUT2D eigenvalue weighted by atomic mass is 19.3. The second-order valence-corrected chi connectivity index (χ2v) is 6.50. The Labute approximate surface area is 120 Å². The summed E-state index contributed by atoms with van der Waals surface area (Å²) in [5, 5.41) is 5.47. The summed E-state index contributed by atoms with van der Waals surface area (Å²) in [4.78, 5) is 11.6. The first-order valence-electron chi connectivity index (χ1n) is 7.02. The van der Waals surface area contributed by atoms with Crippen LogP contribution >= 0.6 is 0 Å². The Morgan fingerprint density at radius 3 is 2.15 bits per heavy atom. The Balaban J connectivity index is 4.33. The summed E-state index contributed by atoms with van der Waals surface area (Å²) in [6.07, 6.45) is -2.25. The Morgan fingerprint density at radius 1 is 1.20 bits per heavy atom. The fourth-order valence-corrected chi connectivity index (χ4v) is 1.74. The molecule has 1 amide bonds. The highest BCUT2D eigenvalue weighted by Gasteiger charge is 2.22. The van der Waals surface area contributed by atoms with Gasteiger partial charge in [0.2, 0.25) is 0 Å². The molecule has 4 nitrogen and oxygen atoms in total. The predicted molar refractivity (Wildman–Crippen MR) is 76.1 cm³/mol. The van der Waals surface area contributed by atoms with Crippen molar-refractivity contribution < 1.29 is 18.3 Å². The molecule has 0 aromatic carbocycles. The summed E-state index contributed by atoms with van der Waals surface area (Å²) < 4.78 is 30.3. The van der Waals surface area contributed by atoms with Gasteiger partial charge < -0.3 is 15.4 Å². The van der Waals surface area contributed by atoms with Crippen molar-refractivity contribution in [1.29, 1.82) is 0 Å². The number of nitrogens with one attached hydrogen (secondary N) is 2. The third-order valence-corrected chi connectivity index (χ3v) is 2.52. The van der Waals surface area contributed by atoms with E-state index in [-0.39, 0.29) is 12.6 Å². The van der Waals surface area contributed by atoms with E-state index in [9.17, 15) is 13.6 Å². The number of amides is 1. The molecule has 0 rings (SSSR count). The summed E-state index contributed by atoms with van der Waals surface area (Å²) in [5.74, 6) is 0.345. The third kappa shape index (κ3) is 9.95. The van der Waals surface area contributed by atoms with E-state index in [2.05, 4.69) is 10.6 Å². The first-order valence-corrected chi connectivity index (χ1v) is 7.02. The van der Waals surface area contributed by atoms with Crippen molar-refractivity contribution in [3.8, 4) is 0 Å². The number of alkyl halides is 2. The maximum atomic E-state index is 12.6. The van der Waals surface area contributed by atoms with Crippen molar-refractivity contribution in [3.05, 3.63) is 0 Å². The van der Waals surface area contributed by atoms with E-state index in [0.29, 0.717) is 12.3 Å². The lowest BCUT2D eigenvalue weighted by Gasteiger charge is -2.26. The highest BCUT2D eigenvalue weighted by Crippen LogP contribution is 2.09. The smallest absolute Gasteiger partial charge is 0.407 e. The van der Waals surface area contributed by atoms with Gasteiger partial charge in [-0.2, -0.15) is 0 Å². The molecule has 0 bridgehead atoms. The maximum Gasteiger partial charge on any atom is 0.407 e. The van der Waals surface area contributed by atoms with Crippen molar-refractivity contribution >= 4 is 6.09 Å². The molecule has 0 saturated carbocycles. The van der Waals surface area contributed by atoms with E-state index < -0.39 is 24.2 Å². The summed E-state index contributed by atoms with van der Waals surface area (Å²) in [5.41, 5.74) is -0.568. The molecule has 0 spiro atoms. The normalized spacial score (nSPS) is 15.3. The largest absolute Gasteiger partial charge is 0.444 e. The van der Waals surface area contributed by atoms with Crippen LogP contribution in [0.3, 0.4) is 0 Å². The van der Waals surface area contributed by atoms with Gasteiger partial charge in [-0.1, -0.05) is 13.8 Å². The van der Waals surface area contributed by atoms with Crippen LogP contribution in [0.4, 0.5) is 13.6 Å².